The van der Waals surface area contributed by atoms with Gasteiger partial charge in [-0.15, -0.1) is 11.3 Å². The average molecular weight is 248 g/mol. The summed E-state index contributed by atoms with van der Waals surface area (Å²) in [5.41, 5.74) is 2.96. The van der Waals surface area contributed by atoms with Gasteiger partial charge in [0.25, 0.3) is 0 Å². The Hall–Kier alpha value is -1.49. The lowest BCUT2D eigenvalue weighted by Gasteiger charge is -2.07. The van der Waals surface area contributed by atoms with Gasteiger partial charge in [0.15, 0.2) is 0 Å². The van der Waals surface area contributed by atoms with E-state index in [1.54, 1.807) is 17.5 Å². The molecule has 0 spiro atoms. The van der Waals surface area contributed by atoms with Crippen molar-refractivity contribution in [1.82, 2.24) is 15.0 Å². The van der Waals surface area contributed by atoms with Gasteiger partial charge in [-0.2, -0.15) is 0 Å². The van der Waals surface area contributed by atoms with E-state index in [1.807, 2.05) is 20.8 Å². The fourth-order valence-electron chi connectivity index (χ4n) is 1.51. The van der Waals surface area contributed by atoms with Gasteiger partial charge in [-0.1, -0.05) is 0 Å². The zero-order valence-electron chi connectivity index (χ0n) is 10.3. The first-order valence-corrected chi connectivity index (χ1v) is 6.48. The first kappa shape index (κ1) is 12.0. The third-order valence-corrected chi connectivity index (χ3v) is 3.40. The van der Waals surface area contributed by atoms with Crippen LogP contribution in [0.15, 0.2) is 11.6 Å². The minimum Gasteiger partial charge on any atom is -0.368 e. The lowest BCUT2D eigenvalue weighted by Crippen LogP contribution is -2.09. The SMILES string of the molecule is Cc1csc(CCNc2nc(C)cnc2C)n1. The maximum atomic E-state index is 4.42. The molecule has 4 nitrogen and oxygen atoms in total. The lowest BCUT2D eigenvalue weighted by atomic mass is 10.4. The lowest BCUT2D eigenvalue weighted by molar-refractivity contribution is 0.957. The monoisotopic (exact) mass is 248 g/mol. The molecule has 2 aromatic heterocycles. The van der Waals surface area contributed by atoms with Crippen molar-refractivity contribution in [1.29, 1.82) is 0 Å². The number of hydrogen-bond donors (Lipinski definition) is 1. The molecule has 0 aliphatic rings. The van der Waals surface area contributed by atoms with Gasteiger partial charge in [0.2, 0.25) is 0 Å². The van der Waals surface area contributed by atoms with Crippen LogP contribution < -0.4 is 5.32 Å². The zero-order chi connectivity index (χ0) is 12.3. The van der Waals surface area contributed by atoms with Crippen LogP contribution in [0.5, 0.6) is 0 Å². The molecule has 2 rings (SSSR count). The molecule has 17 heavy (non-hydrogen) atoms. The summed E-state index contributed by atoms with van der Waals surface area (Å²) in [6.07, 6.45) is 2.71. The predicted molar refractivity (Wildman–Crippen MR) is 70.6 cm³/mol. The number of hydrogen-bond acceptors (Lipinski definition) is 5. The van der Waals surface area contributed by atoms with Crippen LogP contribution >= 0.6 is 11.3 Å². The van der Waals surface area contributed by atoms with E-state index < -0.39 is 0 Å². The normalized spacial score (nSPS) is 10.5. The second-order valence-electron chi connectivity index (χ2n) is 4.00. The van der Waals surface area contributed by atoms with E-state index in [0.29, 0.717) is 0 Å². The molecule has 0 unspecified atom stereocenters. The van der Waals surface area contributed by atoms with Crippen LogP contribution in [-0.2, 0) is 6.42 Å². The van der Waals surface area contributed by atoms with Gasteiger partial charge in [-0.3, -0.25) is 4.98 Å². The van der Waals surface area contributed by atoms with Crippen molar-refractivity contribution >= 4 is 17.2 Å². The predicted octanol–water partition coefficient (Wildman–Crippen LogP) is 2.51. The molecule has 0 aliphatic carbocycles. The Kier molecular flexibility index (Phi) is 3.68. The summed E-state index contributed by atoms with van der Waals surface area (Å²) >= 11 is 1.70. The fraction of sp³-hybridized carbons (Fsp3) is 0.417. The van der Waals surface area contributed by atoms with Crippen LogP contribution in [0.3, 0.4) is 0 Å². The molecule has 5 heteroatoms. The maximum absolute atomic E-state index is 4.42. The summed E-state index contributed by atoms with van der Waals surface area (Å²) in [6, 6.07) is 0. The van der Waals surface area contributed by atoms with Gasteiger partial charge in [0, 0.05) is 30.2 Å². The quantitative estimate of drug-likeness (QED) is 0.903. The minimum atomic E-state index is 0.839. The third-order valence-electron chi connectivity index (χ3n) is 2.37. The first-order chi connectivity index (χ1) is 8.15. The van der Waals surface area contributed by atoms with E-state index in [9.17, 15) is 0 Å². The van der Waals surface area contributed by atoms with Gasteiger partial charge in [0.1, 0.15) is 5.82 Å². The number of thiazole rings is 1. The molecule has 0 bridgehead atoms. The van der Waals surface area contributed by atoms with Crippen LogP contribution in [-0.4, -0.2) is 21.5 Å². The molecule has 1 N–H and O–H groups in total. The van der Waals surface area contributed by atoms with Crippen LogP contribution in [0.1, 0.15) is 22.1 Å². The Morgan fingerprint density at radius 2 is 2.00 bits per heavy atom. The molecule has 2 heterocycles. The molecular formula is C12H16N4S. The Morgan fingerprint density at radius 1 is 1.18 bits per heavy atom. The molecular weight excluding hydrogens is 232 g/mol. The topological polar surface area (TPSA) is 50.7 Å². The van der Waals surface area contributed by atoms with Crippen LogP contribution in [0.4, 0.5) is 5.82 Å². The summed E-state index contributed by atoms with van der Waals surface area (Å²) < 4.78 is 0. The van der Waals surface area contributed by atoms with Gasteiger partial charge in [-0.25, -0.2) is 9.97 Å². The van der Waals surface area contributed by atoms with Crippen LogP contribution in [0.2, 0.25) is 0 Å². The van der Waals surface area contributed by atoms with E-state index in [-0.39, 0.29) is 0 Å². The molecule has 0 saturated heterocycles. The summed E-state index contributed by atoms with van der Waals surface area (Å²) in [5, 5.41) is 6.54. The van der Waals surface area contributed by atoms with Crippen molar-refractivity contribution in [3.8, 4) is 0 Å². The van der Waals surface area contributed by atoms with Gasteiger partial charge >= 0.3 is 0 Å². The summed E-state index contributed by atoms with van der Waals surface area (Å²) in [6.45, 7) is 6.76. The van der Waals surface area contributed by atoms with Crippen molar-refractivity contribution in [2.75, 3.05) is 11.9 Å². The molecule has 2 aromatic rings. The van der Waals surface area contributed by atoms with E-state index in [1.165, 1.54) is 0 Å². The second-order valence-corrected chi connectivity index (χ2v) is 4.95. The number of nitrogens with one attached hydrogen (secondary N) is 1. The number of aryl methyl sites for hydroxylation is 3. The number of anilines is 1. The summed E-state index contributed by atoms with van der Waals surface area (Å²) in [7, 11) is 0. The number of rotatable bonds is 4. The minimum absolute atomic E-state index is 0.839. The van der Waals surface area contributed by atoms with Gasteiger partial charge < -0.3 is 5.32 Å². The average Bonchev–Trinajstić information content (AvgIpc) is 2.69. The third kappa shape index (κ3) is 3.23. The molecule has 0 fully saturated rings. The van der Waals surface area contributed by atoms with E-state index in [2.05, 4.69) is 25.6 Å². The molecule has 0 saturated carbocycles. The highest BCUT2D eigenvalue weighted by molar-refractivity contribution is 7.09. The highest BCUT2D eigenvalue weighted by atomic mass is 32.1. The summed E-state index contributed by atoms with van der Waals surface area (Å²) in [5.74, 6) is 0.873. The highest BCUT2D eigenvalue weighted by Gasteiger charge is 2.02. The smallest absolute Gasteiger partial charge is 0.147 e. The van der Waals surface area contributed by atoms with Crippen molar-refractivity contribution in [2.24, 2.45) is 0 Å². The molecule has 0 atom stereocenters. The highest BCUT2D eigenvalue weighted by Crippen LogP contribution is 2.11. The Morgan fingerprint density at radius 3 is 2.71 bits per heavy atom. The standard InChI is InChI=1S/C12H16N4S/c1-8-6-14-10(3)12(16-8)13-5-4-11-15-9(2)7-17-11/h6-7H,4-5H2,1-3H3,(H,13,16). The van der Waals surface area contributed by atoms with Gasteiger partial charge in [-0.05, 0) is 20.8 Å². The Bertz CT molecular complexity index is 507. The van der Waals surface area contributed by atoms with Crippen molar-refractivity contribution in [3.05, 3.63) is 33.7 Å². The van der Waals surface area contributed by atoms with E-state index in [4.69, 9.17) is 0 Å². The largest absolute Gasteiger partial charge is 0.368 e. The molecule has 0 aromatic carbocycles. The number of aromatic nitrogens is 3. The zero-order valence-corrected chi connectivity index (χ0v) is 11.1. The van der Waals surface area contributed by atoms with Gasteiger partial charge in [0.05, 0.1) is 16.4 Å². The van der Waals surface area contributed by atoms with Crippen molar-refractivity contribution < 1.29 is 0 Å². The van der Waals surface area contributed by atoms with Crippen LogP contribution in [0, 0.1) is 20.8 Å². The first-order valence-electron chi connectivity index (χ1n) is 5.60. The second kappa shape index (κ2) is 5.23. The van der Waals surface area contributed by atoms with Crippen molar-refractivity contribution in [3.63, 3.8) is 0 Å². The number of nitrogens with zero attached hydrogens (tertiary/aromatic N) is 3. The molecule has 0 aliphatic heterocycles. The molecule has 0 radical (unpaired) electrons. The fourth-order valence-corrected chi connectivity index (χ4v) is 2.29. The van der Waals surface area contributed by atoms with Crippen LogP contribution in [0.25, 0.3) is 0 Å². The summed E-state index contributed by atoms with van der Waals surface area (Å²) in [4.78, 5) is 13.1. The Balaban J connectivity index is 1.91. The Labute approximate surface area is 105 Å². The molecule has 90 valence electrons. The van der Waals surface area contributed by atoms with E-state index in [0.717, 1.165) is 40.9 Å². The van der Waals surface area contributed by atoms with Crippen molar-refractivity contribution in [2.45, 2.75) is 27.2 Å². The molecule has 0 amide bonds. The maximum Gasteiger partial charge on any atom is 0.147 e. The van der Waals surface area contributed by atoms with E-state index >= 15 is 0 Å².